The largest absolute Gasteiger partial charge is 0.342 e. The third-order valence-corrected chi connectivity index (χ3v) is 4.51. The molecule has 21 heavy (non-hydrogen) atoms. The standard InChI is InChI=1S/C16H27NO3S/c1-13(10-14(2)12-21(4,19)20)11-15(3)16(18)17-8-6-5-7-9-17/h10-11,15H,5-9,12H2,1-4H3/b13-11+,14-10+. The van der Waals surface area contributed by atoms with Crippen LogP contribution in [-0.4, -0.2) is 44.3 Å². The number of carbonyl (C=O) groups excluding carboxylic acids is 1. The van der Waals surface area contributed by atoms with Crippen LogP contribution in [0.15, 0.2) is 23.3 Å². The Morgan fingerprint density at radius 3 is 2.29 bits per heavy atom. The summed E-state index contributed by atoms with van der Waals surface area (Å²) in [5, 5.41) is 0. The van der Waals surface area contributed by atoms with Gasteiger partial charge < -0.3 is 4.90 Å². The molecule has 1 heterocycles. The first kappa shape index (κ1) is 18.0. The summed E-state index contributed by atoms with van der Waals surface area (Å²) >= 11 is 0. The molecule has 0 N–H and O–H groups in total. The lowest BCUT2D eigenvalue weighted by Crippen LogP contribution is -2.38. The topological polar surface area (TPSA) is 54.5 Å². The van der Waals surface area contributed by atoms with Crippen LogP contribution in [0.25, 0.3) is 0 Å². The van der Waals surface area contributed by atoms with Gasteiger partial charge in [-0.05, 0) is 33.1 Å². The van der Waals surface area contributed by atoms with Crippen LogP contribution in [0.3, 0.4) is 0 Å². The predicted molar refractivity (Wildman–Crippen MR) is 86.8 cm³/mol. The van der Waals surface area contributed by atoms with Crippen LogP contribution in [0.5, 0.6) is 0 Å². The van der Waals surface area contributed by atoms with E-state index in [0.29, 0.717) is 0 Å². The molecule has 0 aromatic carbocycles. The maximum absolute atomic E-state index is 12.3. The van der Waals surface area contributed by atoms with E-state index in [1.807, 2.05) is 30.9 Å². The number of piperidine rings is 1. The minimum absolute atomic E-state index is 0.0621. The first-order valence-corrected chi connectivity index (χ1v) is 9.57. The van der Waals surface area contributed by atoms with E-state index in [4.69, 9.17) is 0 Å². The zero-order valence-electron chi connectivity index (χ0n) is 13.6. The quantitative estimate of drug-likeness (QED) is 0.733. The molecule has 1 amide bonds. The second kappa shape index (κ2) is 7.78. The van der Waals surface area contributed by atoms with Crippen LogP contribution in [0.1, 0.15) is 40.0 Å². The molecule has 1 fully saturated rings. The second-order valence-corrected chi connectivity index (χ2v) is 8.29. The van der Waals surface area contributed by atoms with E-state index in [0.717, 1.165) is 37.1 Å². The predicted octanol–water partition coefficient (Wildman–Crippen LogP) is 2.57. The number of likely N-dealkylation sites (tertiary alicyclic amines) is 1. The van der Waals surface area contributed by atoms with Crippen molar-refractivity contribution in [2.45, 2.75) is 40.0 Å². The summed E-state index contributed by atoms with van der Waals surface area (Å²) in [5.41, 5.74) is 1.73. The SMILES string of the molecule is CC(=C\C(C)C(=O)N1CCCCC1)/C=C(\C)CS(C)(=O)=O. The fourth-order valence-electron chi connectivity index (χ4n) is 2.76. The lowest BCUT2D eigenvalue weighted by Gasteiger charge is -2.28. The fraction of sp³-hybridized carbons (Fsp3) is 0.688. The smallest absolute Gasteiger partial charge is 0.229 e. The molecule has 0 spiro atoms. The first-order chi connectivity index (χ1) is 9.69. The zero-order valence-corrected chi connectivity index (χ0v) is 14.4. The van der Waals surface area contributed by atoms with Crippen molar-refractivity contribution < 1.29 is 13.2 Å². The van der Waals surface area contributed by atoms with Crippen LogP contribution in [0.4, 0.5) is 0 Å². The highest BCUT2D eigenvalue weighted by Crippen LogP contribution is 2.15. The molecule has 1 atom stereocenters. The van der Waals surface area contributed by atoms with Crippen molar-refractivity contribution in [3.63, 3.8) is 0 Å². The molecule has 0 radical (unpaired) electrons. The Balaban J connectivity index is 2.67. The lowest BCUT2D eigenvalue weighted by atomic mass is 10.0. The Kier molecular flexibility index (Phi) is 6.65. The molecule has 1 aliphatic rings. The van der Waals surface area contributed by atoms with Crippen molar-refractivity contribution in [2.75, 3.05) is 25.1 Å². The van der Waals surface area contributed by atoms with Gasteiger partial charge in [0.25, 0.3) is 0 Å². The zero-order chi connectivity index (χ0) is 16.0. The van der Waals surface area contributed by atoms with Crippen molar-refractivity contribution in [1.29, 1.82) is 0 Å². The summed E-state index contributed by atoms with van der Waals surface area (Å²) in [6.45, 7) is 7.33. The minimum Gasteiger partial charge on any atom is -0.342 e. The van der Waals surface area contributed by atoms with Crippen LogP contribution in [-0.2, 0) is 14.6 Å². The van der Waals surface area contributed by atoms with Crippen molar-refractivity contribution in [3.05, 3.63) is 23.3 Å². The van der Waals surface area contributed by atoms with E-state index in [1.165, 1.54) is 12.7 Å². The number of allylic oxidation sites excluding steroid dienone is 2. The number of sulfone groups is 1. The number of rotatable bonds is 5. The van der Waals surface area contributed by atoms with Gasteiger partial charge in [0.1, 0.15) is 0 Å². The number of amides is 1. The summed E-state index contributed by atoms with van der Waals surface area (Å²) in [7, 11) is -3.00. The summed E-state index contributed by atoms with van der Waals surface area (Å²) in [4.78, 5) is 14.2. The van der Waals surface area contributed by atoms with Crippen molar-refractivity contribution in [3.8, 4) is 0 Å². The molecule has 5 heteroatoms. The van der Waals surface area contributed by atoms with Crippen LogP contribution >= 0.6 is 0 Å². The van der Waals surface area contributed by atoms with E-state index in [2.05, 4.69) is 0 Å². The van der Waals surface area contributed by atoms with Gasteiger partial charge in [-0.25, -0.2) is 8.42 Å². The van der Waals surface area contributed by atoms with Gasteiger partial charge in [-0.2, -0.15) is 0 Å². The van der Waals surface area contributed by atoms with Crippen LogP contribution < -0.4 is 0 Å². The third kappa shape index (κ3) is 6.93. The Morgan fingerprint density at radius 2 is 1.76 bits per heavy atom. The molecular formula is C16H27NO3S. The van der Waals surface area contributed by atoms with Crippen molar-refractivity contribution in [2.24, 2.45) is 5.92 Å². The Bertz CT molecular complexity index is 526. The summed E-state index contributed by atoms with van der Waals surface area (Å²) < 4.78 is 22.5. The maximum Gasteiger partial charge on any atom is 0.229 e. The van der Waals surface area contributed by atoms with E-state index in [9.17, 15) is 13.2 Å². The molecule has 0 aliphatic carbocycles. The third-order valence-electron chi connectivity index (χ3n) is 3.53. The van der Waals surface area contributed by atoms with E-state index in [-0.39, 0.29) is 17.6 Å². The highest BCUT2D eigenvalue weighted by Gasteiger charge is 2.20. The normalized spacial score (nSPS) is 19.5. The molecule has 0 saturated carbocycles. The molecule has 1 unspecified atom stereocenters. The van der Waals surface area contributed by atoms with E-state index in [1.54, 1.807) is 6.92 Å². The number of carbonyl (C=O) groups is 1. The fourth-order valence-corrected chi connectivity index (χ4v) is 3.67. The Labute approximate surface area is 128 Å². The molecule has 120 valence electrons. The minimum atomic E-state index is -3.00. The number of nitrogens with zero attached hydrogens (tertiary/aromatic N) is 1. The second-order valence-electron chi connectivity index (χ2n) is 6.15. The van der Waals surface area contributed by atoms with Gasteiger partial charge >= 0.3 is 0 Å². The average Bonchev–Trinajstić information content (AvgIpc) is 2.36. The Morgan fingerprint density at radius 1 is 1.19 bits per heavy atom. The molecule has 1 rings (SSSR count). The van der Waals surface area contributed by atoms with Gasteiger partial charge in [0.05, 0.1) is 11.7 Å². The molecule has 0 aromatic heterocycles. The number of hydrogen-bond acceptors (Lipinski definition) is 3. The summed E-state index contributed by atoms with van der Waals surface area (Å²) in [6, 6.07) is 0. The molecule has 1 saturated heterocycles. The van der Waals surface area contributed by atoms with Crippen LogP contribution in [0, 0.1) is 5.92 Å². The Hall–Kier alpha value is -1.10. The van der Waals surface area contributed by atoms with Gasteiger partial charge in [0, 0.05) is 19.3 Å². The molecule has 4 nitrogen and oxygen atoms in total. The van der Waals surface area contributed by atoms with Crippen LogP contribution in [0.2, 0.25) is 0 Å². The van der Waals surface area contributed by atoms with Gasteiger partial charge in [-0.3, -0.25) is 4.79 Å². The lowest BCUT2D eigenvalue weighted by molar-refractivity contribution is -0.134. The van der Waals surface area contributed by atoms with Gasteiger partial charge in [-0.1, -0.05) is 30.2 Å². The van der Waals surface area contributed by atoms with Gasteiger partial charge in [0.2, 0.25) is 5.91 Å². The number of hydrogen-bond donors (Lipinski definition) is 0. The summed E-state index contributed by atoms with van der Waals surface area (Å²) in [6.07, 6.45) is 8.39. The van der Waals surface area contributed by atoms with Crippen molar-refractivity contribution >= 4 is 15.7 Å². The molecule has 1 aliphatic heterocycles. The molecule has 0 aromatic rings. The van der Waals surface area contributed by atoms with Crippen molar-refractivity contribution in [1.82, 2.24) is 4.90 Å². The first-order valence-electron chi connectivity index (χ1n) is 7.51. The highest BCUT2D eigenvalue weighted by atomic mass is 32.2. The van der Waals surface area contributed by atoms with Gasteiger partial charge in [-0.15, -0.1) is 0 Å². The average molecular weight is 313 g/mol. The monoisotopic (exact) mass is 313 g/mol. The van der Waals surface area contributed by atoms with E-state index < -0.39 is 9.84 Å². The maximum atomic E-state index is 12.3. The molecular weight excluding hydrogens is 286 g/mol. The highest BCUT2D eigenvalue weighted by molar-refractivity contribution is 7.90. The van der Waals surface area contributed by atoms with E-state index >= 15 is 0 Å². The van der Waals surface area contributed by atoms with Gasteiger partial charge in [0.15, 0.2) is 9.84 Å². The summed E-state index contributed by atoms with van der Waals surface area (Å²) in [5.74, 6) is 0.0701. The molecule has 0 bridgehead atoms.